The number of hydrogen-bond acceptors (Lipinski definition) is 19. The molecule has 0 aliphatic heterocycles. The lowest BCUT2D eigenvalue weighted by atomic mass is 9.99. The Morgan fingerprint density at radius 3 is 2.38 bits per heavy atom. The molecule has 0 radical (unpaired) electrons. The fourth-order valence-electron chi connectivity index (χ4n) is 8.08. The van der Waals surface area contributed by atoms with Gasteiger partial charge in [0.2, 0.25) is 11.8 Å². The van der Waals surface area contributed by atoms with Gasteiger partial charge in [0.1, 0.15) is 53.3 Å². The Bertz CT molecular complexity index is 3890. The number of thiophene rings is 1. The Morgan fingerprint density at radius 1 is 0.841 bits per heavy atom. The van der Waals surface area contributed by atoms with Gasteiger partial charge in [-0.1, -0.05) is 39.8 Å². The van der Waals surface area contributed by atoms with E-state index in [2.05, 4.69) is 40.3 Å². The number of sulfonamides is 1. The number of aryl methyl sites for hydroxylation is 1. The average molecular weight is 1200 g/mol. The third kappa shape index (κ3) is 15.2. The number of nitrogens with zero attached hydrogens (tertiary/aromatic N) is 5. The van der Waals surface area contributed by atoms with E-state index in [0.717, 1.165) is 50.8 Å². The molecule has 22 nitrogen and oxygen atoms in total. The van der Waals surface area contributed by atoms with Gasteiger partial charge in [-0.15, -0.1) is 11.3 Å². The molecule has 0 saturated heterocycles. The molecule has 1 unspecified atom stereocenters. The van der Waals surface area contributed by atoms with Gasteiger partial charge in [0.15, 0.2) is 0 Å². The zero-order chi connectivity index (χ0) is 58.7. The first-order valence-corrected chi connectivity index (χ1v) is 29.3. The number of ether oxygens (including phenoxy) is 3. The van der Waals surface area contributed by atoms with Crippen molar-refractivity contribution in [1.82, 2.24) is 35.6 Å². The zero-order valence-electron chi connectivity index (χ0n) is 43.5. The Labute approximate surface area is 477 Å². The second-order valence-electron chi connectivity index (χ2n) is 17.9. The van der Waals surface area contributed by atoms with Crippen LogP contribution in [0.4, 0.5) is 24.3 Å². The number of hydrogen-bond donors (Lipinski definition) is 6. The highest BCUT2D eigenvalue weighted by Gasteiger charge is 2.26. The van der Waals surface area contributed by atoms with Gasteiger partial charge in [-0.2, -0.15) is 4.98 Å². The molecular formula is C54H49F2N9O13S4. The van der Waals surface area contributed by atoms with Gasteiger partial charge in [0.05, 0.1) is 44.8 Å². The maximum atomic E-state index is 14.4. The molecule has 2 atom stereocenters. The second kappa shape index (κ2) is 26.7. The number of benzene rings is 3. The molecule has 0 aliphatic rings. The summed E-state index contributed by atoms with van der Waals surface area (Å²) in [5.41, 5.74) is 4.58. The van der Waals surface area contributed by atoms with Crippen molar-refractivity contribution in [1.29, 1.82) is 0 Å². The first-order chi connectivity index (χ1) is 39.2. The molecule has 5 heterocycles. The fourth-order valence-corrected chi connectivity index (χ4v) is 12.1. The maximum Gasteiger partial charge on any atom is 0.508 e. The van der Waals surface area contributed by atoms with Crippen molar-refractivity contribution in [3.63, 3.8) is 0 Å². The molecule has 8 rings (SSSR count). The minimum Gasteiger partial charge on any atom is -0.480 e. The summed E-state index contributed by atoms with van der Waals surface area (Å²) in [7, 11) is 0.880. The SMILES string of the molecule is COc1nc(-c2ccc3nccc(-c4ccc(COC(=O)OCCSSCC(NC(=O)CC[C@H](NC(=O)c5ccc(N(C)Cc6ccc7[nH]c(C)nc(=O)c7c6)s5)C(=O)O)C(=O)O)nc4)c3c2)ccc1NS(=O)(=O)c1ccc(F)cc1F. The molecule has 0 saturated carbocycles. The molecule has 0 bridgehead atoms. The van der Waals surface area contributed by atoms with Gasteiger partial charge in [-0.25, -0.2) is 36.6 Å². The predicted octanol–water partition coefficient (Wildman–Crippen LogP) is 7.96. The predicted molar refractivity (Wildman–Crippen MR) is 304 cm³/mol. The molecule has 2 amide bonds. The number of aromatic nitrogens is 5. The summed E-state index contributed by atoms with van der Waals surface area (Å²) in [5, 5.41) is 26.3. The lowest BCUT2D eigenvalue weighted by Crippen LogP contribution is -2.44. The lowest BCUT2D eigenvalue weighted by Gasteiger charge is -2.17. The number of carbonyl (C=O) groups is 5. The van der Waals surface area contributed by atoms with Crippen LogP contribution in [-0.4, -0.2) is 118 Å². The van der Waals surface area contributed by atoms with Crippen LogP contribution in [0.25, 0.3) is 44.2 Å². The summed E-state index contributed by atoms with van der Waals surface area (Å²) in [6, 6.07) is 21.5. The average Bonchev–Trinajstić information content (AvgIpc) is 4.04. The van der Waals surface area contributed by atoms with Crippen molar-refractivity contribution in [2.75, 3.05) is 41.9 Å². The number of rotatable bonds is 25. The topological polar surface area (TPSA) is 311 Å². The molecular weight excluding hydrogens is 1150 g/mol. The van der Waals surface area contributed by atoms with Crippen LogP contribution >= 0.6 is 32.9 Å². The van der Waals surface area contributed by atoms with Crippen LogP contribution in [0.15, 0.2) is 119 Å². The number of nitrogens with one attached hydrogen (secondary N) is 4. The van der Waals surface area contributed by atoms with Crippen molar-refractivity contribution in [3.8, 4) is 28.3 Å². The Hall–Kier alpha value is -8.73. The number of carboxylic acids is 2. The highest BCUT2D eigenvalue weighted by Crippen LogP contribution is 2.34. The number of aromatic amines is 1. The number of carbonyl (C=O) groups excluding carboxylic acids is 3. The third-order valence-corrected chi connectivity index (χ3v) is 17.1. The molecule has 8 aromatic rings. The molecule has 6 N–H and O–H groups in total. The van der Waals surface area contributed by atoms with Crippen LogP contribution in [0, 0.1) is 18.6 Å². The summed E-state index contributed by atoms with van der Waals surface area (Å²) in [4.78, 5) is 96.5. The normalized spacial score (nSPS) is 12.1. The highest BCUT2D eigenvalue weighted by molar-refractivity contribution is 8.76. The van der Waals surface area contributed by atoms with Crippen molar-refractivity contribution in [2.24, 2.45) is 0 Å². The first kappa shape index (κ1) is 59.4. The molecule has 0 spiro atoms. The molecule has 28 heteroatoms. The number of carboxylic acid groups (broad SMARTS) is 2. The van der Waals surface area contributed by atoms with Gasteiger partial charge < -0.3 is 44.9 Å². The number of amides is 2. The maximum absolute atomic E-state index is 14.4. The van der Waals surface area contributed by atoms with E-state index in [4.69, 9.17) is 14.2 Å². The molecule has 0 aliphatic carbocycles. The summed E-state index contributed by atoms with van der Waals surface area (Å²) < 4.78 is 71.7. The van der Waals surface area contributed by atoms with E-state index in [1.165, 1.54) is 24.0 Å². The first-order valence-electron chi connectivity index (χ1n) is 24.5. The summed E-state index contributed by atoms with van der Waals surface area (Å²) in [6.45, 7) is 1.78. The van der Waals surface area contributed by atoms with Crippen LogP contribution in [0.3, 0.4) is 0 Å². The van der Waals surface area contributed by atoms with E-state index >= 15 is 0 Å². The third-order valence-electron chi connectivity index (χ3n) is 12.1. The van der Waals surface area contributed by atoms with E-state index in [1.807, 2.05) is 17.0 Å². The van der Waals surface area contributed by atoms with Gasteiger partial charge in [-0.05, 0) is 97.3 Å². The monoisotopic (exact) mass is 1200 g/mol. The standard InChI is InChI=1S/C54H49F2N9O13S4/c1-29-59-41-9-4-30(22-37(41)49(67)60-29)26-65(2)48-17-14-45(81-48)50(68)62-43(52(69)70)13-16-47(66)61-44(53(71)72)28-80-79-21-20-77-54(73)78-27-34-8-5-32(25-58-34)35-18-19-57-40-10-6-31(23-36(35)40)39-11-12-42(51(63-39)76-3)64-82(74,75)46-15-7-33(55)24-38(46)56/h4-12,14-15,17-19,22-25,43-44,64H,13,16,20-21,26-28H2,1-3H3,(H,61,66)(H,62,68)(H,69,70)(H,71,72)(H,59,60,67)/t43-,44?/m0/s1. The molecule has 426 valence electrons. The number of aliphatic carboxylic acids is 2. The minimum atomic E-state index is -4.48. The molecule has 0 fully saturated rings. The second-order valence-corrected chi connectivity index (χ2v) is 23.3. The largest absolute Gasteiger partial charge is 0.508 e. The van der Waals surface area contributed by atoms with Crippen LogP contribution in [0.2, 0.25) is 0 Å². The number of fused-ring (bicyclic) bond motifs is 2. The van der Waals surface area contributed by atoms with Crippen molar-refractivity contribution < 1.29 is 65.6 Å². The van der Waals surface area contributed by atoms with Gasteiger partial charge in [-0.3, -0.25) is 29.1 Å². The lowest BCUT2D eigenvalue weighted by molar-refractivity contribution is -0.142. The van der Waals surface area contributed by atoms with Crippen molar-refractivity contribution >= 4 is 105 Å². The van der Waals surface area contributed by atoms with E-state index in [9.17, 15) is 56.2 Å². The minimum absolute atomic E-state index is 0.0811. The summed E-state index contributed by atoms with van der Waals surface area (Å²) >= 11 is 1.12. The van der Waals surface area contributed by atoms with Gasteiger partial charge in [0.25, 0.3) is 21.5 Å². The highest BCUT2D eigenvalue weighted by atomic mass is 33.1. The van der Waals surface area contributed by atoms with Crippen LogP contribution in [-0.2, 0) is 47.0 Å². The molecule has 3 aromatic carbocycles. The van der Waals surface area contributed by atoms with E-state index in [-0.39, 0.29) is 53.1 Å². The quantitative estimate of drug-likeness (QED) is 0.0180. The van der Waals surface area contributed by atoms with Crippen LogP contribution in [0.1, 0.15) is 39.6 Å². The smallest absolute Gasteiger partial charge is 0.480 e. The Kier molecular flexibility index (Phi) is 19.3. The number of halogens is 2. The fraction of sp³-hybridized carbons (Fsp3) is 0.222. The number of anilines is 2. The number of H-pyrrole nitrogens is 1. The van der Waals surface area contributed by atoms with E-state index in [0.29, 0.717) is 62.4 Å². The number of methoxy groups -OCH3 is 1. The number of pyridine rings is 3. The van der Waals surface area contributed by atoms with E-state index < -0.39 is 75.0 Å². The Balaban J connectivity index is 0.747. The van der Waals surface area contributed by atoms with Crippen LogP contribution in [0.5, 0.6) is 5.88 Å². The van der Waals surface area contributed by atoms with Crippen molar-refractivity contribution in [2.45, 2.75) is 49.9 Å². The zero-order valence-corrected chi connectivity index (χ0v) is 46.8. The summed E-state index contributed by atoms with van der Waals surface area (Å²) in [6.07, 6.45) is 1.53. The van der Waals surface area contributed by atoms with Gasteiger partial charge in [0, 0.05) is 66.5 Å². The van der Waals surface area contributed by atoms with Crippen LogP contribution < -0.4 is 30.6 Å². The van der Waals surface area contributed by atoms with E-state index in [1.54, 1.807) is 87.0 Å². The summed E-state index contributed by atoms with van der Waals surface area (Å²) in [5.74, 6) is -5.78. The molecule has 82 heavy (non-hydrogen) atoms. The van der Waals surface area contributed by atoms with Crippen molar-refractivity contribution in [3.05, 3.63) is 153 Å². The molecule has 5 aromatic heterocycles. The Morgan fingerprint density at radius 2 is 1.63 bits per heavy atom. The van der Waals surface area contributed by atoms with Gasteiger partial charge >= 0.3 is 18.1 Å².